The fourth-order valence-corrected chi connectivity index (χ4v) is 4.20. The Hall–Kier alpha value is -2.92. The molecule has 0 saturated carbocycles. The maximum atomic E-state index is 12.5. The number of hydrogen-bond acceptors (Lipinski definition) is 5. The number of aryl methyl sites for hydroxylation is 2. The van der Waals surface area contributed by atoms with Gasteiger partial charge in [0.25, 0.3) is 0 Å². The Bertz CT molecular complexity index is 1020. The number of piperazine rings is 1. The molecule has 1 aliphatic rings. The minimum atomic E-state index is -3.56. The van der Waals surface area contributed by atoms with Crippen LogP contribution in [0.1, 0.15) is 5.56 Å². The Morgan fingerprint density at radius 1 is 1.20 bits per heavy atom. The van der Waals surface area contributed by atoms with Crippen LogP contribution in [0.3, 0.4) is 0 Å². The molecule has 2 aromatic rings. The Labute approximate surface area is 176 Å². The van der Waals surface area contributed by atoms with E-state index in [1.165, 1.54) is 0 Å². The minimum absolute atomic E-state index is 0.0442. The number of carbonyl (C=O) groups excluding carboxylic acids is 1. The number of nitrogens with one attached hydrogen (secondary N) is 2. The molecule has 0 spiro atoms. The average molecular weight is 434 g/mol. The van der Waals surface area contributed by atoms with Gasteiger partial charge in [-0.1, -0.05) is 17.7 Å². The van der Waals surface area contributed by atoms with E-state index in [0.717, 1.165) is 11.3 Å². The second-order valence-electron chi connectivity index (χ2n) is 7.02. The van der Waals surface area contributed by atoms with Gasteiger partial charge in [0, 0.05) is 46.5 Å². The predicted molar refractivity (Wildman–Crippen MR) is 115 cm³/mol. The number of sulfonamides is 1. The molecule has 10 nitrogen and oxygen atoms in total. The third kappa shape index (κ3) is 5.16. The highest BCUT2D eigenvalue weighted by Gasteiger charge is 2.27. The molecule has 1 amide bonds. The van der Waals surface area contributed by atoms with E-state index in [2.05, 4.69) is 20.1 Å². The summed E-state index contributed by atoms with van der Waals surface area (Å²) in [7, 11) is -0.119. The fraction of sp³-hybridized carbons (Fsp3) is 0.421. The molecule has 0 bridgehead atoms. The van der Waals surface area contributed by atoms with Gasteiger partial charge < -0.3 is 15.1 Å². The molecule has 2 heterocycles. The monoisotopic (exact) mass is 433 g/mol. The van der Waals surface area contributed by atoms with E-state index < -0.39 is 10.0 Å². The Morgan fingerprint density at radius 3 is 2.53 bits per heavy atom. The predicted octanol–water partition coefficient (Wildman–Crippen LogP) is -0.0690. The van der Waals surface area contributed by atoms with Crippen molar-refractivity contribution in [2.24, 2.45) is 12.0 Å². The van der Waals surface area contributed by atoms with Crippen LogP contribution in [0, 0.1) is 6.92 Å². The summed E-state index contributed by atoms with van der Waals surface area (Å²) >= 11 is 0. The lowest BCUT2D eigenvalue weighted by Crippen LogP contribution is -2.55. The molecule has 2 N–H and O–H groups in total. The van der Waals surface area contributed by atoms with Crippen molar-refractivity contribution in [3.63, 3.8) is 0 Å². The zero-order valence-electron chi connectivity index (χ0n) is 17.4. The molecule has 0 unspecified atom stereocenters. The second-order valence-corrected chi connectivity index (χ2v) is 8.79. The van der Waals surface area contributed by atoms with Crippen molar-refractivity contribution in [3.05, 3.63) is 42.2 Å². The number of anilines is 1. The van der Waals surface area contributed by atoms with Crippen LogP contribution in [0.25, 0.3) is 0 Å². The first-order valence-corrected chi connectivity index (χ1v) is 11.1. The number of guanidine groups is 1. The smallest absolute Gasteiger partial charge is 0.246 e. The first kappa shape index (κ1) is 21.8. The van der Waals surface area contributed by atoms with Crippen LogP contribution in [0.5, 0.6) is 0 Å². The van der Waals surface area contributed by atoms with Gasteiger partial charge in [-0.05, 0) is 19.1 Å². The number of aliphatic imine (C=N–C) groups is 1. The van der Waals surface area contributed by atoms with Crippen LogP contribution < -0.4 is 14.9 Å². The van der Waals surface area contributed by atoms with Crippen LogP contribution in [-0.2, 0) is 21.9 Å². The minimum Gasteiger partial charge on any atom is -0.355 e. The van der Waals surface area contributed by atoms with Gasteiger partial charge >= 0.3 is 0 Å². The van der Waals surface area contributed by atoms with Crippen LogP contribution in [0.15, 0.2) is 46.5 Å². The van der Waals surface area contributed by atoms with Crippen molar-refractivity contribution < 1.29 is 13.2 Å². The first-order valence-electron chi connectivity index (χ1n) is 9.61. The van der Waals surface area contributed by atoms with Crippen molar-refractivity contribution in [2.75, 3.05) is 44.7 Å². The zero-order chi connectivity index (χ0) is 21.7. The summed E-state index contributed by atoms with van der Waals surface area (Å²) in [5, 5.41) is 7.22. The van der Waals surface area contributed by atoms with Crippen LogP contribution in [-0.4, -0.2) is 74.7 Å². The van der Waals surface area contributed by atoms with Crippen LogP contribution in [0.2, 0.25) is 0 Å². The van der Waals surface area contributed by atoms with Crippen molar-refractivity contribution in [2.45, 2.75) is 11.8 Å². The van der Waals surface area contributed by atoms with Crippen molar-refractivity contribution in [1.29, 1.82) is 0 Å². The van der Waals surface area contributed by atoms with E-state index in [4.69, 9.17) is 0 Å². The SMILES string of the molecule is CN=C(NCCNS(=O)(=O)c1ccc(C)cc1)N1CCN(c2cnn(C)c2)C(=O)C1. The van der Waals surface area contributed by atoms with E-state index in [9.17, 15) is 13.2 Å². The molecule has 0 radical (unpaired) electrons. The van der Waals surface area contributed by atoms with Gasteiger partial charge in [-0.3, -0.25) is 14.5 Å². The lowest BCUT2D eigenvalue weighted by atomic mass is 10.2. The second kappa shape index (κ2) is 9.26. The molecule has 1 aromatic heterocycles. The normalized spacial score (nSPS) is 15.6. The molecule has 1 fully saturated rings. The van der Waals surface area contributed by atoms with Crippen LogP contribution in [0.4, 0.5) is 5.69 Å². The van der Waals surface area contributed by atoms with Gasteiger partial charge in [0.1, 0.15) is 6.54 Å². The number of amides is 1. The molecule has 0 atom stereocenters. The molecule has 162 valence electrons. The number of carbonyl (C=O) groups is 1. The van der Waals surface area contributed by atoms with Gasteiger partial charge in [0.15, 0.2) is 5.96 Å². The Morgan fingerprint density at radius 2 is 1.93 bits per heavy atom. The molecule has 3 rings (SSSR count). The third-order valence-electron chi connectivity index (χ3n) is 4.77. The lowest BCUT2D eigenvalue weighted by molar-refractivity contribution is -0.120. The lowest BCUT2D eigenvalue weighted by Gasteiger charge is -2.35. The summed E-state index contributed by atoms with van der Waals surface area (Å²) in [5.74, 6) is 0.515. The zero-order valence-corrected chi connectivity index (χ0v) is 18.2. The third-order valence-corrected chi connectivity index (χ3v) is 6.24. The van der Waals surface area contributed by atoms with Gasteiger partial charge in [-0.15, -0.1) is 0 Å². The molecule has 1 aromatic carbocycles. The summed E-state index contributed by atoms with van der Waals surface area (Å²) in [4.78, 5) is 20.5. The molecule has 1 aliphatic heterocycles. The molecular formula is C19H27N7O3S. The highest BCUT2D eigenvalue weighted by Crippen LogP contribution is 2.16. The molecule has 11 heteroatoms. The fourth-order valence-electron chi connectivity index (χ4n) is 3.17. The molecule has 0 aliphatic carbocycles. The number of benzene rings is 1. The maximum Gasteiger partial charge on any atom is 0.246 e. The first-order chi connectivity index (χ1) is 14.3. The number of hydrogen-bond donors (Lipinski definition) is 2. The van der Waals surface area contributed by atoms with Crippen molar-refractivity contribution >= 4 is 27.6 Å². The van der Waals surface area contributed by atoms with E-state index >= 15 is 0 Å². The molecule has 30 heavy (non-hydrogen) atoms. The van der Waals surface area contributed by atoms with Gasteiger partial charge in [0.05, 0.1) is 16.8 Å². The van der Waals surface area contributed by atoms with Crippen molar-refractivity contribution in [1.82, 2.24) is 24.7 Å². The number of aromatic nitrogens is 2. The Balaban J connectivity index is 1.49. The maximum absolute atomic E-state index is 12.5. The van der Waals surface area contributed by atoms with E-state index in [1.54, 1.807) is 53.3 Å². The average Bonchev–Trinajstić information content (AvgIpc) is 3.14. The Kier molecular flexibility index (Phi) is 6.73. The van der Waals surface area contributed by atoms with E-state index in [-0.39, 0.29) is 23.9 Å². The van der Waals surface area contributed by atoms with Gasteiger partial charge in [-0.2, -0.15) is 5.10 Å². The number of nitrogens with zero attached hydrogens (tertiary/aromatic N) is 5. The highest BCUT2D eigenvalue weighted by molar-refractivity contribution is 7.89. The van der Waals surface area contributed by atoms with Gasteiger partial charge in [0.2, 0.25) is 15.9 Å². The molecule has 1 saturated heterocycles. The number of rotatable bonds is 6. The van der Waals surface area contributed by atoms with Crippen LogP contribution >= 0.6 is 0 Å². The van der Waals surface area contributed by atoms with Gasteiger partial charge in [-0.25, -0.2) is 13.1 Å². The van der Waals surface area contributed by atoms with E-state index in [1.807, 2.05) is 18.9 Å². The molecular weight excluding hydrogens is 406 g/mol. The quantitative estimate of drug-likeness (QED) is 0.375. The summed E-state index contributed by atoms with van der Waals surface area (Å²) in [6.45, 7) is 3.75. The summed E-state index contributed by atoms with van der Waals surface area (Å²) in [6.07, 6.45) is 3.47. The van der Waals surface area contributed by atoms with Crippen molar-refractivity contribution in [3.8, 4) is 0 Å². The summed E-state index contributed by atoms with van der Waals surface area (Å²) in [5.41, 5.74) is 1.77. The van der Waals surface area contributed by atoms with E-state index in [0.29, 0.717) is 25.6 Å². The summed E-state index contributed by atoms with van der Waals surface area (Å²) < 4.78 is 28.9. The highest BCUT2D eigenvalue weighted by atomic mass is 32.2. The summed E-state index contributed by atoms with van der Waals surface area (Å²) in [6, 6.07) is 6.68. The standard InChI is InChI=1S/C19H27N7O3S/c1-15-4-6-17(7-5-15)30(28,29)23-9-8-21-19(20-2)25-10-11-26(18(27)14-25)16-12-22-24(3)13-16/h4-7,12-13,23H,8-11,14H2,1-3H3,(H,20,21). The topological polar surface area (TPSA) is 112 Å². The largest absolute Gasteiger partial charge is 0.355 e.